The minimum Gasteiger partial charge on any atom is -0.494 e. The van der Waals surface area contributed by atoms with Crippen molar-refractivity contribution in [3.05, 3.63) is 65.9 Å². The molecular formula is C24H26N8O4. The molecule has 4 heterocycles. The molecule has 12 nitrogen and oxygen atoms in total. The first-order chi connectivity index (χ1) is 17.5. The van der Waals surface area contributed by atoms with Crippen LogP contribution in [0.25, 0.3) is 0 Å². The number of hydrazine groups is 1. The number of anilines is 3. The molecule has 0 radical (unpaired) electrons. The monoisotopic (exact) mass is 490 g/mol. The Morgan fingerprint density at radius 2 is 2.00 bits per heavy atom. The summed E-state index contributed by atoms with van der Waals surface area (Å²) in [5.74, 6) is 0.491. The molecule has 0 unspecified atom stereocenters. The van der Waals surface area contributed by atoms with Crippen molar-refractivity contribution in [2.75, 3.05) is 62.0 Å². The van der Waals surface area contributed by atoms with Gasteiger partial charge in [-0.1, -0.05) is 0 Å². The maximum Gasteiger partial charge on any atom is 0.407 e. The Bertz CT molecular complexity index is 1250. The van der Waals surface area contributed by atoms with Crippen LogP contribution in [0.15, 0.2) is 76.1 Å². The quantitative estimate of drug-likeness (QED) is 0.559. The SMILES string of the molecule is COc1cc(N2CCN(C(=O)O)CC2)ccc1NC1=CN(Nc2cccnc2)CC2=C1C(=O)CN=N2. The van der Waals surface area contributed by atoms with Gasteiger partial charge in [0.25, 0.3) is 0 Å². The van der Waals surface area contributed by atoms with E-state index in [1.54, 1.807) is 19.5 Å². The molecule has 3 aliphatic rings. The highest BCUT2D eigenvalue weighted by Crippen LogP contribution is 2.34. The number of amides is 1. The van der Waals surface area contributed by atoms with Gasteiger partial charge in [-0.15, -0.1) is 0 Å². The van der Waals surface area contributed by atoms with E-state index in [-0.39, 0.29) is 12.3 Å². The van der Waals surface area contributed by atoms with Crippen molar-refractivity contribution in [3.8, 4) is 5.75 Å². The highest BCUT2D eigenvalue weighted by Gasteiger charge is 2.29. The number of nitrogens with zero attached hydrogens (tertiary/aromatic N) is 6. The third-order valence-electron chi connectivity index (χ3n) is 6.15. The smallest absolute Gasteiger partial charge is 0.407 e. The zero-order valence-corrected chi connectivity index (χ0v) is 19.7. The van der Waals surface area contributed by atoms with Gasteiger partial charge in [0.05, 0.1) is 48.2 Å². The van der Waals surface area contributed by atoms with Gasteiger partial charge in [-0.25, -0.2) is 4.79 Å². The number of ether oxygens (including phenoxy) is 1. The second kappa shape index (κ2) is 9.94. The van der Waals surface area contributed by atoms with Gasteiger partial charge in [-0.3, -0.25) is 20.2 Å². The average Bonchev–Trinajstić information content (AvgIpc) is 2.89. The number of benzene rings is 1. The Morgan fingerprint density at radius 3 is 2.72 bits per heavy atom. The summed E-state index contributed by atoms with van der Waals surface area (Å²) in [6.07, 6.45) is 4.32. The van der Waals surface area contributed by atoms with Crippen molar-refractivity contribution in [1.82, 2.24) is 14.9 Å². The van der Waals surface area contributed by atoms with Gasteiger partial charge in [0, 0.05) is 50.3 Å². The molecule has 1 saturated heterocycles. The molecule has 0 atom stereocenters. The number of Topliss-reactive ketones (excluding diaryl/α,β-unsaturated/α-hetero) is 1. The fraction of sp³-hybridized carbons (Fsp3) is 0.292. The minimum absolute atomic E-state index is 0.00623. The maximum atomic E-state index is 12.8. The van der Waals surface area contributed by atoms with Gasteiger partial charge in [0.15, 0.2) is 5.78 Å². The number of azo groups is 1. The lowest BCUT2D eigenvalue weighted by molar-refractivity contribution is -0.114. The summed E-state index contributed by atoms with van der Waals surface area (Å²) in [5.41, 5.74) is 7.32. The van der Waals surface area contributed by atoms with Gasteiger partial charge in [0.2, 0.25) is 0 Å². The van der Waals surface area contributed by atoms with Crippen LogP contribution in [0.1, 0.15) is 0 Å². The van der Waals surface area contributed by atoms with Crippen LogP contribution in [-0.4, -0.2) is 78.3 Å². The van der Waals surface area contributed by atoms with Crippen molar-refractivity contribution in [2.24, 2.45) is 10.2 Å². The number of nitrogens with one attached hydrogen (secondary N) is 2. The summed E-state index contributed by atoms with van der Waals surface area (Å²) in [7, 11) is 1.59. The first-order valence-corrected chi connectivity index (χ1v) is 11.5. The summed E-state index contributed by atoms with van der Waals surface area (Å²) < 4.78 is 5.66. The van der Waals surface area contributed by atoms with E-state index in [1.807, 2.05) is 41.5 Å². The molecular weight excluding hydrogens is 464 g/mol. The summed E-state index contributed by atoms with van der Waals surface area (Å²) >= 11 is 0. The zero-order valence-electron chi connectivity index (χ0n) is 19.7. The molecule has 3 aliphatic heterocycles. The first-order valence-electron chi connectivity index (χ1n) is 11.5. The highest BCUT2D eigenvalue weighted by molar-refractivity contribution is 6.03. The van der Waals surface area contributed by atoms with E-state index in [1.165, 1.54) is 4.90 Å². The van der Waals surface area contributed by atoms with Crippen LogP contribution in [0.4, 0.5) is 21.9 Å². The predicted molar refractivity (Wildman–Crippen MR) is 133 cm³/mol. The van der Waals surface area contributed by atoms with Crippen LogP contribution in [-0.2, 0) is 4.79 Å². The lowest BCUT2D eigenvalue weighted by Crippen LogP contribution is -2.48. The third-order valence-corrected chi connectivity index (χ3v) is 6.15. The van der Waals surface area contributed by atoms with Crippen molar-refractivity contribution in [2.45, 2.75) is 0 Å². The Balaban J connectivity index is 1.39. The zero-order chi connectivity index (χ0) is 25.1. The van der Waals surface area contributed by atoms with Gasteiger partial charge in [-0.05, 0) is 24.3 Å². The van der Waals surface area contributed by atoms with Gasteiger partial charge in [0.1, 0.15) is 12.3 Å². The van der Waals surface area contributed by atoms with Gasteiger partial charge >= 0.3 is 6.09 Å². The van der Waals surface area contributed by atoms with E-state index in [2.05, 4.69) is 30.9 Å². The second-order valence-electron chi connectivity index (χ2n) is 8.43. The Kier molecular flexibility index (Phi) is 6.39. The van der Waals surface area contributed by atoms with Crippen LogP contribution in [0.5, 0.6) is 5.75 Å². The van der Waals surface area contributed by atoms with E-state index >= 15 is 0 Å². The normalized spacial score (nSPS) is 17.5. The van der Waals surface area contributed by atoms with Crippen molar-refractivity contribution >= 4 is 28.9 Å². The topological polar surface area (TPSA) is 135 Å². The largest absolute Gasteiger partial charge is 0.494 e. The number of methoxy groups -OCH3 is 1. The number of aromatic nitrogens is 1. The van der Waals surface area contributed by atoms with Gasteiger partial charge in [-0.2, -0.15) is 10.2 Å². The Morgan fingerprint density at radius 1 is 1.17 bits per heavy atom. The Hall–Kier alpha value is -4.61. The fourth-order valence-electron chi connectivity index (χ4n) is 4.36. The minimum atomic E-state index is -0.898. The average molecular weight is 491 g/mol. The van der Waals surface area contributed by atoms with Crippen molar-refractivity contribution in [1.29, 1.82) is 0 Å². The molecule has 5 rings (SSSR count). The number of carboxylic acid groups (broad SMARTS) is 1. The molecule has 1 aromatic carbocycles. The van der Waals surface area contributed by atoms with Crippen molar-refractivity contribution in [3.63, 3.8) is 0 Å². The molecule has 1 aromatic heterocycles. The number of carbonyl (C=O) groups excluding carboxylic acids is 1. The number of piperazine rings is 1. The number of carbonyl (C=O) groups is 2. The summed E-state index contributed by atoms with van der Waals surface area (Å²) in [5, 5.41) is 22.6. The van der Waals surface area contributed by atoms with E-state index in [0.29, 0.717) is 61.1 Å². The van der Waals surface area contributed by atoms with Crippen LogP contribution in [0.3, 0.4) is 0 Å². The number of rotatable bonds is 6. The number of ketones is 1. The number of pyridine rings is 1. The molecule has 1 amide bonds. The van der Waals surface area contributed by atoms with Crippen LogP contribution >= 0.6 is 0 Å². The number of hydrogen-bond donors (Lipinski definition) is 3. The van der Waals surface area contributed by atoms with Crippen LogP contribution in [0, 0.1) is 0 Å². The molecule has 0 bridgehead atoms. The first kappa shape index (κ1) is 23.1. The molecule has 36 heavy (non-hydrogen) atoms. The molecule has 0 aliphatic carbocycles. The molecule has 0 saturated carbocycles. The van der Waals surface area contributed by atoms with Crippen LogP contribution < -0.4 is 20.4 Å². The van der Waals surface area contributed by atoms with E-state index in [0.717, 1.165) is 11.4 Å². The maximum absolute atomic E-state index is 12.8. The standard InChI is InChI=1S/C24H26N8O4/c1-36-22-11-17(30-7-9-31(10-8-30)24(34)35)4-5-18(22)27-19-14-32(29-16-3-2-6-25-12-16)15-20-23(19)21(33)13-26-28-20/h2-6,11-12,14,27,29H,7-10,13,15H2,1H3,(H,34,35). The van der Waals surface area contributed by atoms with E-state index < -0.39 is 6.09 Å². The summed E-state index contributed by atoms with van der Waals surface area (Å²) in [4.78, 5) is 31.6. The van der Waals surface area contributed by atoms with E-state index in [9.17, 15) is 14.7 Å². The van der Waals surface area contributed by atoms with Crippen molar-refractivity contribution < 1.29 is 19.4 Å². The third kappa shape index (κ3) is 4.78. The number of allylic oxidation sites excluding steroid dienone is 1. The number of hydrogen-bond acceptors (Lipinski definition) is 10. The molecule has 186 valence electrons. The molecule has 0 spiro atoms. The van der Waals surface area contributed by atoms with E-state index in [4.69, 9.17) is 4.74 Å². The lowest BCUT2D eigenvalue weighted by Gasteiger charge is -2.35. The lowest BCUT2D eigenvalue weighted by atomic mass is 10.0. The predicted octanol–water partition coefficient (Wildman–Crippen LogP) is 2.78. The summed E-state index contributed by atoms with van der Waals surface area (Å²) in [6, 6.07) is 9.47. The second-order valence-corrected chi connectivity index (χ2v) is 8.43. The molecule has 12 heteroatoms. The summed E-state index contributed by atoms with van der Waals surface area (Å²) in [6.45, 7) is 2.45. The van der Waals surface area contributed by atoms with Gasteiger partial charge < -0.3 is 25.0 Å². The highest BCUT2D eigenvalue weighted by atomic mass is 16.5. The molecule has 2 aromatic rings. The Labute approximate surface area is 207 Å². The fourth-order valence-corrected chi connectivity index (χ4v) is 4.36. The van der Waals surface area contributed by atoms with Crippen LogP contribution in [0.2, 0.25) is 0 Å². The molecule has 1 fully saturated rings. The molecule has 3 N–H and O–H groups in total.